The van der Waals surface area contributed by atoms with Crippen molar-refractivity contribution < 1.29 is 18.7 Å². The number of furan rings is 1. The molecule has 0 aliphatic carbocycles. The Bertz CT molecular complexity index is 701. The molecule has 2 heterocycles. The number of carbonyl (C=O) groups excluding carboxylic acids is 2. The number of imide groups is 1. The fourth-order valence-corrected chi connectivity index (χ4v) is 2.63. The van der Waals surface area contributed by atoms with Crippen LogP contribution in [0.15, 0.2) is 28.9 Å². The number of hydrogen-bond acceptors (Lipinski definition) is 4. The Morgan fingerprint density at radius 1 is 1.33 bits per heavy atom. The zero-order valence-electron chi connectivity index (χ0n) is 12.0. The van der Waals surface area contributed by atoms with Crippen molar-refractivity contribution in [2.45, 2.75) is 38.7 Å². The van der Waals surface area contributed by atoms with Crippen molar-refractivity contribution in [3.8, 4) is 5.75 Å². The minimum absolute atomic E-state index is 0.0772. The van der Waals surface area contributed by atoms with Crippen molar-refractivity contribution in [1.29, 1.82) is 0 Å². The molecule has 1 aliphatic heterocycles. The fraction of sp³-hybridized carbons (Fsp3) is 0.375. The molecule has 0 radical (unpaired) electrons. The minimum atomic E-state index is -0.349. The van der Waals surface area contributed by atoms with E-state index in [1.54, 1.807) is 6.26 Å². The average Bonchev–Trinajstić information content (AvgIpc) is 2.81. The van der Waals surface area contributed by atoms with E-state index in [0.29, 0.717) is 18.4 Å². The van der Waals surface area contributed by atoms with Gasteiger partial charge in [0, 0.05) is 17.4 Å². The second kappa shape index (κ2) is 5.24. The third-order valence-electron chi connectivity index (χ3n) is 3.56. The summed E-state index contributed by atoms with van der Waals surface area (Å²) in [6, 6.07) is 5.57. The molecule has 21 heavy (non-hydrogen) atoms. The molecule has 5 heteroatoms. The lowest BCUT2D eigenvalue weighted by molar-refractivity contribution is -0.134. The SMILES string of the molecule is CC(C)Oc1ccc2occ(C3CCC(=O)NC3=O)c2c1. The highest BCUT2D eigenvalue weighted by molar-refractivity contribution is 6.02. The molecular formula is C16H17NO4. The van der Waals surface area contributed by atoms with Crippen LogP contribution in [0, 0.1) is 0 Å². The zero-order chi connectivity index (χ0) is 15.0. The number of rotatable bonds is 3. The van der Waals surface area contributed by atoms with Gasteiger partial charge < -0.3 is 9.15 Å². The molecule has 1 aromatic carbocycles. The van der Waals surface area contributed by atoms with Crippen LogP contribution in [0.1, 0.15) is 38.2 Å². The van der Waals surface area contributed by atoms with Crippen LogP contribution in [0.2, 0.25) is 0 Å². The van der Waals surface area contributed by atoms with Gasteiger partial charge in [-0.15, -0.1) is 0 Å². The van der Waals surface area contributed by atoms with Gasteiger partial charge in [-0.25, -0.2) is 0 Å². The molecule has 5 nitrogen and oxygen atoms in total. The smallest absolute Gasteiger partial charge is 0.234 e. The van der Waals surface area contributed by atoms with Gasteiger partial charge in [-0.3, -0.25) is 14.9 Å². The minimum Gasteiger partial charge on any atom is -0.491 e. The third-order valence-corrected chi connectivity index (χ3v) is 3.56. The topological polar surface area (TPSA) is 68.5 Å². The van der Waals surface area contributed by atoms with Crippen LogP contribution in [0.25, 0.3) is 11.0 Å². The number of amides is 2. The molecule has 1 unspecified atom stereocenters. The van der Waals surface area contributed by atoms with Gasteiger partial charge in [-0.1, -0.05) is 0 Å². The fourth-order valence-electron chi connectivity index (χ4n) is 2.63. The maximum absolute atomic E-state index is 12.0. The van der Waals surface area contributed by atoms with E-state index in [2.05, 4.69) is 5.32 Å². The molecule has 1 fully saturated rings. The average molecular weight is 287 g/mol. The Morgan fingerprint density at radius 3 is 2.86 bits per heavy atom. The number of nitrogens with one attached hydrogen (secondary N) is 1. The summed E-state index contributed by atoms with van der Waals surface area (Å²) in [6.45, 7) is 3.92. The third kappa shape index (κ3) is 2.63. The van der Waals surface area contributed by atoms with Crippen molar-refractivity contribution in [3.63, 3.8) is 0 Å². The van der Waals surface area contributed by atoms with E-state index < -0.39 is 0 Å². The van der Waals surface area contributed by atoms with Gasteiger partial charge in [0.2, 0.25) is 11.8 Å². The summed E-state index contributed by atoms with van der Waals surface area (Å²) in [5.41, 5.74) is 1.52. The van der Waals surface area contributed by atoms with E-state index in [4.69, 9.17) is 9.15 Å². The van der Waals surface area contributed by atoms with E-state index in [1.165, 1.54) is 0 Å². The van der Waals surface area contributed by atoms with E-state index in [0.717, 1.165) is 16.7 Å². The van der Waals surface area contributed by atoms with Crippen molar-refractivity contribution in [3.05, 3.63) is 30.0 Å². The van der Waals surface area contributed by atoms with E-state index in [-0.39, 0.29) is 23.8 Å². The molecule has 0 saturated carbocycles. The van der Waals surface area contributed by atoms with E-state index in [9.17, 15) is 9.59 Å². The van der Waals surface area contributed by atoms with Crippen LogP contribution in [0.5, 0.6) is 5.75 Å². The lowest BCUT2D eigenvalue weighted by Crippen LogP contribution is -2.39. The second-order valence-corrected chi connectivity index (χ2v) is 5.52. The highest BCUT2D eigenvalue weighted by Gasteiger charge is 2.30. The molecule has 2 amide bonds. The predicted molar refractivity (Wildman–Crippen MR) is 77.1 cm³/mol. The van der Waals surface area contributed by atoms with Crippen LogP contribution in [0.4, 0.5) is 0 Å². The number of benzene rings is 1. The summed E-state index contributed by atoms with van der Waals surface area (Å²) in [7, 11) is 0. The van der Waals surface area contributed by atoms with Gasteiger partial charge in [0.25, 0.3) is 0 Å². The molecule has 0 bridgehead atoms. The molecule has 1 N–H and O–H groups in total. The monoisotopic (exact) mass is 287 g/mol. The van der Waals surface area contributed by atoms with E-state index in [1.807, 2.05) is 32.0 Å². The van der Waals surface area contributed by atoms with Crippen molar-refractivity contribution >= 4 is 22.8 Å². The van der Waals surface area contributed by atoms with E-state index >= 15 is 0 Å². The summed E-state index contributed by atoms with van der Waals surface area (Å²) in [5.74, 6) is -0.0808. The molecule has 1 saturated heterocycles. The number of hydrogen-bond donors (Lipinski definition) is 1. The molecule has 110 valence electrons. The van der Waals surface area contributed by atoms with Crippen molar-refractivity contribution in [2.75, 3.05) is 0 Å². The van der Waals surface area contributed by atoms with Gasteiger partial charge >= 0.3 is 0 Å². The first-order valence-electron chi connectivity index (χ1n) is 7.06. The highest BCUT2D eigenvalue weighted by atomic mass is 16.5. The summed E-state index contributed by atoms with van der Waals surface area (Å²) in [4.78, 5) is 23.3. The Balaban J connectivity index is 1.98. The summed E-state index contributed by atoms with van der Waals surface area (Å²) < 4.78 is 11.2. The van der Waals surface area contributed by atoms with Gasteiger partial charge in [0.1, 0.15) is 11.3 Å². The number of fused-ring (bicyclic) bond motifs is 1. The first kappa shape index (κ1) is 13.7. The Hall–Kier alpha value is -2.30. The molecule has 3 rings (SSSR count). The van der Waals surface area contributed by atoms with Crippen LogP contribution in [-0.2, 0) is 9.59 Å². The lowest BCUT2D eigenvalue weighted by atomic mass is 9.90. The lowest BCUT2D eigenvalue weighted by Gasteiger charge is -2.20. The normalized spacial score (nSPS) is 19.1. The second-order valence-electron chi connectivity index (χ2n) is 5.52. The van der Waals surface area contributed by atoms with Gasteiger partial charge in [-0.2, -0.15) is 0 Å². The molecule has 0 spiro atoms. The van der Waals surface area contributed by atoms with Crippen molar-refractivity contribution in [1.82, 2.24) is 5.32 Å². The Morgan fingerprint density at radius 2 is 2.14 bits per heavy atom. The summed E-state index contributed by atoms with van der Waals surface area (Å²) >= 11 is 0. The number of carbonyl (C=O) groups is 2. The molecule has 1 atom stereocenters. The van der Waals surface area contributed by atoms with Gasteiger partial charge in [0.15, 0.2) is 0 Å². The first-order valence-corrected chi connectivity index (χ1v) is 7.06. The predicted octanol–water partition coefficient (Wildman–Crippen LogP) is 2.74. The molecule has 1 aromatic heterocycles. The van der Waals surface area contributed by atoms with Gasteiger partial charge in [-0.05, 0) is 38.5 Å². The Labute approximate surface area is 122 Å². The standard InChI is InChI=1S/C16H17NO4/c1-9(2)21-10-3-5-14-12(7-10)13(8-20-14)11-4-6-15(18)17-16(11)19/h3,5,7-9,11H,4,6H2,1-2H3,(H,17,18,19). The van der Waals surface area contributed by atoms with Crippen LogP contribution in [-0.4, -0.2) is 17.9 Å². The van der Waals surface area contributed by atoms with Crippen LogP contribution < -0.4 is 10.1 Å². The van der Waals surface area contributed by atoms with Crippen LogP contribution >= 0.6 is 0 Å². The molecule has 2 aromatic rings. The first-order chi connectivity index (χ1) is 10.0. The van der Waals surface area contributed by atoms with Crippen molar-refractivity contribution in [2.24, 2.45) is 0 Å². The number of ether oxygens (including phenoxy) is 1. The number of piperidine rings is 1. The largest absolute Gasteiger partial charge is 0.491 e. The summed E-state index contributed by atoms with van der Waals surface area (Å²) in [5, 5.41) is 3.24. The summed E-state index contributed by atoms with van der Waals surface area (Å²) in [6.07, 6.45) is 2.54. The Kier molecular flexibility index (Phi) is 3.41. The van der Waals surface area contributed by atoms with Crippen LogP contribution in [0.3, 0.4) is 0 Å². The molecule has 1 aliphatic rings. The maximum Gasteiger partial charge on any atom is 0.234 e. The zero-order valence-corrected chi connectivity index (χ0v) is 12.0. The van der Waals surface area contributed by atoms with Gasteiger partial charge in [0.05, 0.1) is 18.3 Å². The highest BCUT2D eigenvalue weighted by Crippen LogP contribution is 2.34. The molecular weight excluding hydrogens is 270 g/mol. The quantitative estimate of drug-likeness (QED) is 0.881. The maximum atomic E-state index is 12.0.